The Balaban J connectivity index is 3.48. The second-order valence-electron chi connectivity index (χ2n) is 20.3. The van der Waals surface area contributed by atoms with Gasteiger partial charge in [-0.3, -0.25) is 9.59 Å². The monoisotopic (exact) mass is 954 g/mol. The lowest BCUT2D eigenvalue weighted by molar-refractivity contribution is -0.143. The Morgan fingerprint density at radius 2 is 0.765 bits per heavy atom. The number of ether oxygens (including phenoxy) is 1. The van der Waals surface area contributed by atoms with Crippen LogP contribution in [0.2, 0.25) is 0 Å². The normalized spacial score (nSPS) is 12.9. The maximum absolute atomic E-state index is 12.5. The van der Waals surface area contributed by atoms with Gasteiger partial charge in [0.05, 0.1) is 25.4 Å². The highest BCUT2D eigenvalue weighted by atomic mass is 16.5. The molecule has 0 fully saturated rings. The molecule has 0 heterocycles. The lowest BCUT2D eigenvalue weighted by Gasteiger charge is -2.20. The topological polar surface area (TPSA) is 95.9 Å². The van der Waals surface area contributed by atoms with E-state index in [-0.39, 0.29) is 18.5 Å². The van der Waals surface area contributed by atoms with Crippen LogP contribution in [0.1, 0.15) is 309 Å². The summed E-state index contributed by atoms with van der Waals surface area (Å²) in [6.45, 7) is 4.83. The van der Waals surface area contributed by atoms with E-state index < -0.39 is 12.1 Å². The third-order valence-corrected chi connectivity index (χ3v) is 13.5. The van der Waals surface area contributed by atoms with Gasteiger partial charge in [0.2, 0.25) is 5.91 Å². The molecular weight excluding hydrogens is 839 g/mol. The number of carbonyl (C=O) groups excluding carboxylic acids is 2. The van der Waals surface area contributed by atoms with Crippen LogP contribution in [-0.4, -0.2) is 47.4 Å². The average Bonchev–Trinajstić information content (AvgIpc) is 3.34. The van der Waals surface area contributed by atoms with E-state index in [1.54, 1.807) is 6.08 Å². The molecule has 0 saturated heterocycles. The molecule has 0 aromatic rings. The summed E-state index contributed by atoms with van der Waals surface area (Å²) in [5.74, 6) is -0.0861. The zero-order valence-electron chi connectivity index (χ0n) is 45.3. The molecule has 0 aromatic heterocycles. The van der Waals surface area contributed by atoms with Crippen molar-refractivity contribution < 1.29 is 24.5 Å². The zero-order valence-corrected chi connectivity index (χ0v) is 45.3. The predicted octanol–water partition coefficient (Wildman–Crippen LogP) is 18.6. The van der Waals surface area contributed by atoms with E-state index in [4.69, 9.17) is 4.74 Å². The Bertz CT molecular complexity index is 1150. The first-order valence-electron chi connectivity index (χ1n) is 29.9. The zero-order chi connectivity index (χ0) is 49.3. The fourth-order valence-electron chi connectivity index (χ4n) is 8.96. The summed E-state index contributed by atoms with van der Waals surface area (Å²) < 4.78 is 5.46. The number of aliphatic hydroxyl groups excluding tert-OH is 2. The molecule has 2 atom stereocenters. The number of unbranched alkanes of at least 4 members (excludes halogenated alkanes) is 38. The molecule has 1 amide bonds. The number of aliphatic hydroxyl groups is 2. The SMILES string of the molecule is CCC/C=C\C/C=C\CCCCCCCC(=O)OCCCCCCCCCCC/C=C\CCCCCCCCCC(=O)NC(CO)C(O)/C=C/CCCCCCCCCCCCCCCCCC. The van der Waals surface area contributed by atoms with Crippen molar-refractivity contribution in [1.82, 2.24) is 5.32 Å². The molecule has 0 aliphatic heterocycles. The van der Waals surface area contributed by atoms with Crippen LogP contribution >= 0.6 is 0 Å². The Morgan fingerprint density at radius 1 is 0.412 bits per heavy atom. The third-order valence-electron chi connectivity index (χ3n) is 13.5. The second-order valence-corrected chi connectivity index (χ2v) is 20.3. The van der Waals surface area contributed by atoms with E-state index in [0.29, 0.717) is 19.4 Å². The standard InChI is InChI=1S/C62H115NO5/c1-3-5-7-9-11-13-15-17-18-19-24-27-31-34-38-42-46-50-54-60(65)59(58-64)63-61(66)55-51-47-43-39-35-32-28-25-22-20-21-23-26-29-33-37-41-45-49-53-57-68-62(67)56-52-48-44-40-36-30-16-14-12-10-8-6-4-2/h8,10,14,16,20,22,50,54,59-60,64-65H,3-7,9,11-13,15,17-19,21,23-49,51-53,55-58H2,1-2H3,(H,63,66)/b10-8-,16-14-,22-20-,54-50+. The quantitative estimate of drug-likeness (QED) is 0.0321. The molecular formula is C62H115NO5. The third kappa shape index (κ3) is 53.2. The number of carbonyl (C=O) groups is 2. The summed E-state index contributed by atoms with van der Waals surface area (Å²) in [6, 6.07) is -0.636. The van der Waals surface area contributed by atoms with Crippen LogP contribution in [0.25, 0.3) is 0 Å². The smallest absolute Gasteiger partial charge is 0.305 e. The molecule has 0 radical (unpaired) electrons. The Labute approximate surface area is 423 Å². The summed E-state index contributed by atoms with van der Waals surface area (Å²) in [5, 5.41) is 23.2. The Morgan fingerprint density at radius 3 is 1.19 bits per heavy atom. The molecule has 0 bridgehead atoms. The highest BCUT2D eigenvalue weighted by molar-refractivity contribution is 5.76. The highest BCUT2D eigenvalue weighted by Crippen LogP contribution is 2.16. The van der Waals surface area contributed by atoms with Crippen LogP contribution in [0.3, 0.4) is 0 Å². The first-order valence-corrected chi connectivity index (χ1v) is 29.9. The van der Waals surface area contributed by atoms with Crippen LogP contribution in [0.4, 0.5) is 0 Å². The number of nitrogens with one attached hydrogen (secondary N) is 1. The van der Waals surface area contributed by atoms with E-state index in [1.807, 2.05) is 6.08 Å². The van der Waals surface area contributed by atoms with Gasteiger partial charge in [-0.05, 0) is 83.5 Å². The van der Waals surface area contributed by atoms with Gasteiger partial charge in [-0.1, -0.05) is 262 Å². The molecule has 398 valence electrons. The predicted molar refractivity (Wildman–Crippen MR) is 296 cm³/mol. The van der Waals surface area contributed by atoms with Gasteiger partial charge in [0, 0.05) is 12.8 Å². The van der Waals surface area contributed by atoms with Crippen molar-refractivity contribution in [2.24, 2.45) is 0 Å². The van der Waals surface area contributed by atoms with Gasteiger partial charge in [0.1, 0.15) is 0 Å². The van der Waals surface area contributed by atoms with Gasteiger partial charge >= 0.3 is 5.97 Å². The van der Waals surface area contributed by atoms with Crippen molar-refractivity contribution >= 4 is 11.9 Å². The molecule has 0 aromatic carbocycles. The van der Waals surface area contributed by atoms with Crippen molar-refractivity contribution in [2.45, 2.75) is 321 Å². The summed E-state index contributed by atoms with van der Waals surface area (Å²) >= 11 is 0. The fraction of sp³-hybridized carbons (Fsp3) is 0.839. The highest BCUT2D eigenvalue weighted by Gasteiger charge is 2.18. The van der Waals surface area contributed by atoms with Crippen molar-refractivity contribution in [3.63, 3.8) is 0 Å². The van der Waals surface area contributed by atoms with Crippen molar-refractivity contribution in [2.75, 3.05) is 13.2 Å². The van der Waals surface area contributed by atoms with E-state index in [9.17, 15) is 19.8 Å². The number of hydrogen-bond acceptors (Lipinski definition) is 5. The van der Waals surface area contributed by atoms with E-state index in [2.05, 4.69) is 55.6 Å². The maximum atomic E-state index is 12.5. The molecule has 68 heavy (non-hydrogen) atoms. The second kappa shape index (κ2) is 57.4. The van der Waals surface area contributed by atoms with Crippen molar-refractivity contribution in [3.05, 3.63) is 48.6 Å². The molecule has 3 N–H and O–H groups in total. The minimum absolute atomic E-state index is 0.0102. The lowest BCUT2D eigenvalue weighted by Crippen LogP contribution is -2.45. The van der Waals surface area contributed by atoms with Crippen LogP contribution in [0.5, 0.6) is 0 Å². The van der Waals surface area contributed by atoms with Crippen LogP contribution in [0.15, 0.2) is 48.6 Å². The Hall–Kier alpha value is -2.18. The lowest BCUT2D eigenvalue weighted by atomic mass is 10.0. The minimum atomic E-state index is -0.851. The number of amides is 1. The summed E-state index contributed by atoms with van der Waals surface area (Å²) in [7, 11) is 0. The first kappa shape index (κ1) is 65.8. The van der Waals surface area contributed by atoms with Gasteiger partial charge in [0.15, 0.2) is 0 Å². The van der Waals surface area contributed by atoms with E-state index in [1.165, 1.54) is 225 Å². The van der Waals surface area contributed by atoms with Gasteiger partial charge in [-0.2, -0.15) is 0 Å². The van der Waals surface area contributed by atoms with Gasteiger partial charge in [-0.15, -0.1) is 0 Å². The fourth-order valence-corrected chi connectivity index (χ4v) is 8.96. The summed E-state index contributed by atoms with van der Waals surface area (Å²) in [6.07, 6.45) is 72.8. The molecule has 2 unspecified atom stereocenters. The summed E-state index contributed by atoms with van der Waals surface area (Å²) in [5.41, 5.74) is 0. The molecule has 0 aliphatic carbocycles. The van der Waals surface area contributed by atoms with Gasteiger partial charge in [-0.25, -0.2) is 0 Å². The molecule has 0 saturated carbocycles. The largest absolute Gasteiger partial charge is 0.466 e. The number of rotatable bonds is 55. The number of esters is 1. The molecule has 6 heteroatoms. The minimum Gasteiger partial charge on any atom is -0.466 e. The van der Waals surface area contributed by atoms with Crippen LogP contribution < -0.4 is 5.32 Å². The number of allylic oxidation sites excluding steroid dienone is 7. The van der Waals surface area contributed by atoms with Gasteiger partial charge < -0.3 is 20.3 Å². The molecule has 0 rings (SSSR count). The van der Waals surface area contributed by atoms with E-state index in [0.717, 1.165) is 57.8 Å². The van der Waals surface area contributed by atoms with Crippen molar-refractivity contribution in [1.29, 1.82) is 0 Å². The molecule has 0 spiro atoms. The van der Waals surface area contributed by atoms with Gasteiger partial charge in [0.25, 0.3) is 0 Å². The molecule has 6 nitrogen and oxygen atoms in total. The first-order chi connectivity index (χ1) is 33.5. The van der Waals surface area contributed by atoms with Crippen LogP contribution in [-0.2, 0) is 14.3 Å². The average molecular weight is 955 g/mol. The van der Waals surface area contributed by atoms with E-state index >= 15 is 0 Å². The van der Waals surface area contributed by atoms with Crippen LogP contribution in [0, 0.1) is 0 Å². The number of hydrogen-bond donors (Lipinski definition) is 3. The summed E-state index contributed by atoms with van der Waals surface area (Å²) in [4.78, 5) is 24.5. The van der Waals surface area contributed by atoms with Crippen molar-refractivity contribution in [3.8, 4) is 0 Å². The maximum Gasteiger partial charge on any atom is 0.305 e. The Kier molecular flexibility index (Phi) is 55.6. The molecule has 0 aliphatic rings.